The summed E-state index contributed by atoms with van der Waals surface area (Å²) >= 11 is 0. The number of methoxy groups -OCH3 is 1. The third-order valence-electron chi connectivity index (χ3n) is 5.63. The first-order chi connectivity index (χ1) is 14.9. The molecule has 0 fully saturated rings. The highest BCUT2D eigenvalue weighted by Crippen LogP contribution is 2.24. The van der Waals surface area contributed by atoms with Crippen molar-refractivity contribution in [3.63, 3.8) is 0 Å². The fourth-order valence-corrected chi connectivity index (χ4v) is 3.76. The van der Waals surface area contributed by atoms with E-state index >= 15 is 0 Å². The molecule has 1 aliphatic heterocycles. The molecular formula is C24H30N3O4+. The molecule has 0 unspecified atom stereocenters. The van der Waals surface area contributed by atoms with E-state index in [1.54, 1.807) is 19.2 Å². The molecule has 0 aromatic heterocycles. The number of unbranched alkanes of at least 4 members (excludes halogenated alkanes) is 1. The minimum Gasteiger partial charge on any atom is -0.497 e. The van der Waals surface area contributed by atoms with E-state index in [-0.39, 0.29) is 23.8 Å². The van der Waals surface area contributed by atoms with Crippen LogP contribution in [0.1, 0.15) is 62.4 Å². The first kappa shape index (κ1) is 22.5. The molecule has 7 heteroatoms. The van der Waals surface area contributed by atoms with Gasteiger partial charge in [-0.05, 0) is 36.8 Å². The van der Waals surface area contributed by atoms with Crippen molar-refractivity contribution in [2.45, 2.75) is 25.8 Å². The van der Waals surface area contributed by atoms with E-state index in [9.17, 15) is 14.4 Å². The normalized spacial score (nSPS) is 14.0. The number of ether oxygens (including phenoxy) is 1. The van der Waals surface area contributed by atoms with E-state index in [0.717, 1.165) is 29.1 Å². The highest BCUT2D eigenvalue weighted by molar-refractivity contribution is 6.22. The van der Waals surface area contributed by atoms with Gasteiger partial charge in [-0.1, -0.05) is 25.5 Å². The maximum Gasteiger partial charge on any atom is 0.261 e. The highest BCUT2D eigenvalue weighted by Gasteiger charge is 2.35. The van der Waals surface area contributed by atoms with Gasteiger partial charge < -0.3 is 15.0 Å². The molecule has 1 atom stereocenters. The molecule has 0 saturated carbocycles. The maximum absolute atomic E-state index is 12.8. The summed E-state index contributed by atoms with van der Waals surface area (Å²) in [7, 11) is 5.68. The van der Waals surface area contributed by atoms with Gasteiger partial charge in [0.25, 0.3) is 17.7 Å². The molecule has 0 aliphatic carbocycles. The number of rotatable bonds is 9. The van der Waals surface area contributed by atoms with Crippen molar-refractivity contribution in [1.29, 1.82) is 0 Å². The first-order valence-corrected chi connectivity index (χ1v) is 10.6. The van der Waals surface area contributed by atoms with Gasteiger partial charge in [-0.3, -0.25) is 19.3 Å². The van der Waals surface area contributed by atoms with Gasteiger partial charge in [-0.15, -0.1) is 0 Å². The summed E-state index contributed by atoms with van der Waals surface area (Å²) in [5, 5.41) is 2.97. The van der Waals surface area contributed by atoms with Crippen LogP contribution in [0.5, 0.6) is 5.75 Å². The molecule has 1 heterocycles. The van der Waals surface area contributed by atoms with Crippen LogP contribution in [0.25, 0.3) is 0 Å². The van der Waals surface area contributed by atoms with Crippen molar-refractivity contribution >= 4 is 17.7 Å². The molecule has 2 aromatic rings. The molecule has 0 spiro atoms. The van der Waals surface area contributed by atoms with Crippen LogP contribution in [0.3, 0.4) is 0 Å². The zero-order valence-electron chi connectivity index (χ0n) is 18.5. The molecule has 31 heavy (non-hydrogen) atoms. The summed E-state index contributed by atoms with van der Waals surface area (Å²) in [6.45, 7) is 2.83. The second kappa shape index (κ2) is 9.75. The number of nitrogens with one attached hydrogen (secondary N) is 2. The summed E-state index contributed by atoms with van der Waals surface area (Å²) in [5.41, 5.74) is 2.09. The van der Waals surface area contributed by atoms with E-state index in [0.29, 0.717) is 29.8 Å². The van der Waals surface area contributed by atoms with Gasteiger partial charge >= 0.3 is 0 Å². The van der Waals surface area contributed by atoms with Crippen LogP contribution in [0.2, 0.25) is 0 Å². The lowest BCUT2D eigenvalue weighted by atomic mass is 10.0. The number of benzene rings is 2. The lowest BCUT2D eigenvalue weighted by Gasteiger charge is -2.22. The predicted octanol–water partition coefficient (Wildman–Crippen LogP) is 1.71. The third-order valence-corrected chi connectivity index (χ3v) is 5.63. The Labute approximate surface area is 183 Å². The van der Waals surface area contributed by atoms with Crippen molar-refractivity contribution < 1.29 is 24.0 Å². The minimum atomic E-state index is -0.324. The quantitative estimate of drug-likeness (QED) is 0.601. The van der Waals surface area contributed by atoms with Gasteiger partial charge in [0.15, 0.2) is 0 Å². The summed E-state index contributed by atoms with van der Waals surface area (Å²) in [6, 6.07) is 12.5. The molecule has 2 aromatic carbocycles. The summed E-state index contributed by atoms with van der Waals surface area (Å²) in [6.07, 6.45) is 1.65. The van der Waals surface area contributed by atoms with E-state index in [1.165, 1.54) is 11.0 Å². The standard InChI is InChI=1S/C24H29N3O4/c1-5-6-12-27-23(29)19-11-10-17(14-20(19)24(27)30)22(28)25-15-21(26(2)3)16-8-7-9-18(13-16)31-4/h7-11,13-14,21H,5-6,12,15H2,1-4H3,(H,25,28)/p+1/t21-/m1/s1. The van der Waals surface area contributed by atoms with Crippen LogP contribution in [0, 0.1) is 0 Å². The second-order valence-electron chi connectivity index (χ2n) is 7.99. The lowest BCUT2D eigenvalue weighted by molar-refractivity contribution is -0.890. The average molecular weight is 425 g/mol. The second-order valence-corrected chi connectivity index (χ2v) is 7.99. The van der Waals surface area contributed by atoms with Gasteiger partial charge in [0.2, 0.25) is 0 Å². The van der Waals surface area contributed by atoms with Crippen molar-refractivity contribution in [1.82, 2.24) is 10.2 Å². The van der Waals surface area contributed by atoms with Crippen LogP contribution < -0.4 is 15.0 Å². The van der Waals surface area contributed by atoms with Crippen LogP contribution in [0.4, 0.5) is 0 Å². The van der Waals surface area contributed by atoms with Crippen LogP contribution in [0.15, 0.2) is 42.5 Å². The van der Waals surface area contributed by atoms with Gasteiger partial charge in [0, 0.05) is 17.7 Å². The fourth-order valence-electron chi connectivity index (χ4n) is 3.76. The largest absolute Gasteiger partial charge is 0.497 e. The number of nitrogens with zero attached hydrogens (tertiary/aromatic N) is 1. The molecule has 2 N–H and O–H groups in total. The van der Waals surface area contributed by atoms with E-state index in [4.69, 9.17) is 4.74 Å². The number of likely N-dealkylation sites (N-methyl/N-ethyl adjacent to an activating group) is 1. The SMILES string of the molecule is CCCCN1C(=O)c2ccc(C(=O)NC[C@H](c3cccc(OC)c3)[NH+](C)C)cc2C1=O. The van der Waals surface area contributed by atoms with Crippen LogP contribution in [-0.4, -0.2) is 56.9 Å². The summed E-state index contributed by atoms with van der Waals surface area (Å²) < 4.78 is 5.31. The Hall–Kier alpha value is -3.19. The third kappa shape index (κ3) is 4.77. The molecule has 3 amide bonds. The number of imide groups is 1. The molecule has 1 aliphatic rings. The van der Waals surface area contributed by atoms with Gasteiger partial charge in [0.05, 0.1) is 38.9 Å². The number of hydrogen-bond acceptors (Lipinski definition) is 4. The Balaban J connectivity index is 1.73. The van der Waals surface area contributed by atoms with Crippen molar-refractivity contribution in [2.75, 3.05) is 34.3 Å². The van der Waals surface area contributed by atoms with Crippen molar-refractivity contribution in [3.05, 3.63) is 64.7 Å². The molecule has 164 valence electrons. The number of carbonyl (C=O) groups excluding carboxylic acids is 3. The maximum atomic E-state index is 12.8. The zero-order chi connectivity index (χ0) is 22.5. The molecule has 7 nitrogen and oxygen atoms in total. The average Bonchev–Trinajstić information content (AvgIpc) is 3.01. The lowest BCUT2D eigenvalue weighted by Crippen LogP contribution is -3.07. The first-order valence-electron chi connectivity index (χ1n) is 10.6. The molecule has 0 saturated heterocycles. The fraction of sp³-hybridized carbons (Fsp3) is 0.375. The van der Waals surface area contributed by atoms with E-state index < -0.39 is 0 Å². The van der Waals surface area contributed by atoms with E-state index in [2.05, 4.69) is 5.32 Å². The van der Waals surface area contributed by atoms with Gasteiger partial charge in [0.1, 0.15) is 11.8 Å². The summed E-state index contributed by atoms with van der Waals surface area (Å²) in [5.74, 6) is -0.112. The van der Waals surface area contributed by atoms with Crippen LogP contribution >= 0.6 is 0 Å². The number of carbonyl (C=O) groups is 3. The Morgan fingerprint density at radius 3 is 2.52 bits per heavy atom. The molecular weight excluding hydrogens is 394 g/mol. The van der Waals surface area contributed by atoms with Crippen LogP contribution in [-0.2, 0) is 0 Å². The summed E-state index contributed by atoms with van der Waals surface area (Å²) in [4.78, 5) is 40.4. The van der Waals surface area contributed by atoms with E-state index in [1.807, 2.05) is 45.3 Å². The molecule has 0 bridgehead atoms. The van der Waals surface area contributed by atoms with Crippen molar-refractivity contribution in [3.8, 4) is 5.75 Å². The minimum absolute atomic E-state index is 0.0289. The Kier molecular flexibility index (Phi) is 7.07. The molecule has 0 radical (unpaired) electrons. The van der Waals surface area contributed by atoms with Gasteiger partial charge in [-0.2, -0.15) is 0 Å². The van der Waals surface area contributed by atoms with Gasteiger partial charge in [-0.25, -0.2) is 0 Å². The topological polar surface area (TPSA) is 80.2 Å². The number of fused-ring (bicyclic) bond motifs is 1. The predicted molar refractivity (Wildman–Crippen MR) is 118 cm³/mol. The molecule has 3 rings (SSSR count). The number of hydrogen-bond donors (Lipinski definition) is 2. The number of quaternary nitrogens is 1. The Morgan fingerprint density at radius 1 is 1.10 bits per heavy atom. The Bertz CT molecular complexity index is 987. The Morgan fingerprint density at radius 2 is 1.84 bits per heavy atom. The zero-order valence-corrected chi connectivity index (χ0v) is 18.5. The highest BCUT2D eigenvalue weighted by atomic mass is 16.5. The monoisotopic (exact) mass is 424 g/mol. The smallest absolute Gasteiger partial charge is 0.261 e. The van der Waals surface area contributed by atoms with Crippen molar-refractivity contribution in [2.24, 2.45) is 0 Å². The number of amides is 3.